The summed E-state index contributed by atoms with van der Waals surface area (Å²) < 4.78 is 8.54. The SMILES string of the molecule is CCOc1cccc2sc(N(CCN(C)C)C(=O)c3cc(C)n(CC)n3)nc12.Cl. The highest BCUT2D eigenvalue weighted by atomic mass is 35.5. The van der Waals surface area contributed by atoms with E-state index >= 15 is 0 Å². The molecule has 0 aliphatic carbocycles. The quantitative estimate of drug-likeness (QED) is 0.535. The van der Waals surface area contributed by atoms with Gasteiger partial charge in [-0.3, -0.25) is 14.4 Å². The van der Waals surface area contributed by atoms with Crippen LogP contribution in [0.5, 0.6) is 5.75 Å². The first-order valence-corrected chi connectivity index (χ1v) is 10.3. The second-order valence-electron chi connectivity index (χ2n) is 6.78. The summed E-state index contributed by atoms with van der Waals surface area (Å²) in [5.41, 5.74) is 2.21. The third kappa shape index (κ3) is 5.07. The summed E-state index contributed by atoms with van der Waals surface area (Å²) in [5, 5.41) is 5.13. The fourth-order valence-corrected chi connectivity index (χ4v) is 3.96. The van der Waals surface area contributed by atoms with E-state index in [0.29, 0.717) is 24.0 Å². The lowest BCUT2D eigenvalue weighted by atomic mass is 10.3. The molecule has 9 heteroatoms. The van der Waals surface area contributed by atoms with E-state index in [2.05, 4.69) is 10.00 Å². The molecule has 7 nitrogen and oxygen atoms in total. The highest BCUT2D eigenvalue weighted by Gasteiger charge is 2.24. The third-order valence-electron chi connectivity index (χ3n) is 4.42. The van der Waals surface area contributed by atoms with Gasteiger partial charge in [-0.15, -0.1) is 12.4 Å². The molecule has 3 rings (SSSR count). The molecule has 158 valence electrons. The molecule has 0 aliphatic rings. The zero-order valence-corrected chi connectivity index (χ0v) is 19.1. The van der Waals surface area contributed by atoms with Gasteiger partial charge in [0.2, 0.25) is 0 Å². The predicted octanol–water partition coefficient (Wildman–Crippen LogP) is 3.85. The number of halogens is 1. The van der Waals surface area contributed by atoms with Crippen LogP contribution in [-0.2, 0) is 6.54 Å². The Bertz CT molecular complexity index is 969. The molecular formula is C20H28ClN5O2S. The van der Waals surface area contributed by atoms with E-state index in [0.717, 1.165) is 34.7 Å². The first-order valence-electron chi connectivity index (χ1n) is 9.48. The third-order valence-corrected chi connectivity index (χ3v) is 5.46. The Hall–Kier alpha value is -2.16. The molecule has 0 saturated heterocycles. The van der Waals surface area contributed by atoms with Crippen LogP contribution in [0.3, 0.4) is 0 Å². The molecule has 0 unspecified atom stereocenters. The van der Waals surface area contributed by atoms with Gasteiger partial charge in [0, 0.05) is 25.3 Å². The van der Waals surface area contributed by atoms with Crippen molar-refractivity contribution < 1.29 is 9.53 Å². The number of nitrogens with zero attached hydrogens (tertiary/aromatic N) is 5. The first kappa shape index (κ1) is 23.1. The molecule has 0 radical (unpaired) electrons. The van der Waals surface area contributed by atoms with Gasteiger partial charge in [0.05, 0.1) is 11.3 Å². The van der Waals surface area contributed by atoms with Crippen LogP contribution in [0, 0.1) is 6.92 Å². The molecule has 0 spiro atoms. The number of ether oxygens (including phenoxy) is 1. The number of carbonyl (C=O) groups excluding carboxylic acids is 1. The molecule has 2 aromatic heterocycles. The number of benzene rings is 1. The van der Waals surface area contributed by atoms with Gasteiger partial charge in [0.1, 0.15) is 11.3 Å². The molecule has 0 atom stereocenters. The van der Waals surface area contributed by atoms with Crippen molar-refractivity contribution in [2.24, 2.45) is 0 Å². The van der Waals surface area contributed by atoms with Crippen LogP contribution < -0.4 is 9.64 Å². The topological polar surface area (TPSA) is 63.5 Å². The minimum atomic E-state index is -0.130. The molecule has 0 aliphatic heterocycles. The maximum Gasteiger partial charge on any atom is 0.280 e. The van der Waals surface area contributed by atoms with E-state index in [1.54, 1.807) is 4.90 Å². The van der Waals surface area contributed by atoms with E-state index in [4.69, 9.17) is 9.72 Å². The number of thiazole rings is 1. The van der Waals surface area contributed by atoms with E-state index in [1.165, 1.54) is 11.3 Å². The smallest absolute Gasteiger partial charge is 0.280 e. The summed E-state index contributed by atoms with van der Waals surface area (Å²) in [6, 6.07) is 7.71. The number of hydrogen-bond acceptors (Lipinski definition) is 6. The average molecular weight is 438 g/mol. The van der Waals surface area contributed by atoms with E-state index < -0.39 is 0 Å². The van der Waals surface area contributed by atoms with Crippen LogP contribution >= 0.6 is 23.7 Å². The Morgan fingerprint density at radius 1 is 1.24 bits per heavy atom. The van der Waals surface area contributed by atoms with Crippen LogP contribution in [0.25, 0.3) is 10.2 Å². The summed E-state index contributed by atoms with van der Waals surface area (Å²) in [6.45, 7) is 8.50. The number of anilines is 1. The summed E-state index contributed by atoms with van der Waals surface area (Å²) in [5.74, 6) is 0.614. The number of rotatable bonds is 8. The number of fused-ring (bicyclic) bond motifs is 1. The van der Waals surface area contributed by atoms with Crippen LogP contribution in [0.1, 0.15) is 30.0 Å². The normalized spacial score (nSPS) is 11.0. The molecule has 0 saturated carbocycles. The van der Waals surface area contributed by atoms with Crippen molar-refractivity contribution in [2.75, 3.05) is 38.7 Å². The van der Waals surface area contributed by atoms with E-state index in [9.17, 15) is 4.79 Å². The first-order chi connectivity index (χ1) is 13.4. The lowest BCUT2D eigenvalue weighted by Gasteiger charge is -2.21. The minimum Gasteiger partial charge on any atom is -0.492 e. The fourth-order valence-electron chi connectivity index (χ4n) is 2.96. The molecule has 29 heavy (non-hydrogen) atoms. The second kappa shape index (κ2) is 10.0. The second-order valence-corrected chi connectivity index (χ2v) is 7.79. The van der Waals surface area contributed by atoms with Crippen molar-refractivity contribution >= 4 is 45.0 Å². The van der Waals surface area contributed by atoms with Gasteiger partial charge < -0.3 is 9.64 Å². The molecule has 2 heterocycles. The number of hydrogen-bond donors (Lipinski definition) is 0. The van der Waals surface area contributed by atoms with Crippen LogP contribution in [0.15, 0.2) is 24.3 Å². The largest absolute Gasteiger partial charge is 0.492 e. The van der Waals surface area contributed by atoms with Crippen LogP contribution in [0.4, 0.5) is 5.13 Å². The Labute approximate surface area is 181 Å². The Morgan fingerprint density at radius 2 is 2.00 bits per heavy atom. The monoisotopic (exact) mass is 437 g/mol. The van der Waals surface area contributed by atoms with E-state index in [-0.39, 0.29) is 18.3 Å². The number of carbonyl (C=O) groups is 1. The van der Waals surface area contributed by atoms with Crippen molar-refractivity contribution in [3.63, 3.8) is 0 Å². The average Bonchev–Trinajstić information content (AvgIpc) is 3.25. The highest BCUT2D eigenvalue weighted by Crippen LogP contribution is 2.34. The van der Waals surface area contributed by atoms with Crippen molar-refractivity contribution in [3.8, 4) is 5.75 Å². The molecule has 0 fully saturated rings. The summed E-state index contributed by atoms with van der Waals surface area (Å²) in [4.78, 5) is 21.8. The van der Waals surface area contributed by atoms with Gasteiger partial charge in [0.25, 0.3) is 5.91 Å². The van der Waals surface area contributed by atoms with Crippen molar-refractivity contribution in [1.82, 2.24) is 19.7 Å². The van der Waals surface area contributed by atoms with Gasteiger partial charge in [-0.2, -0.15) is 5.10 Å². The number of likely N-dealkylation sites (N-methyl/N-ethyl adjacent to an activating group) is 1. The van der Waals surface area contributed by atoms with Gasteiger partial charge in [-0.1, -0.05) is 17.4 Å². The fraction of sp³-hybridized carbons (Fsp3) is 0.450. The van der Waals surface area contributed by atoms with Gasteiger partial charge >= 0.3 is 0 Å². The van der Waals surface area contributed by atoms with E-state index in [1.807, 2.05) is 63.8 Å². The number of para-hydroxylation sites is 1. The van der Waals surface area contributed by atoms with Crippen LogP contribution in [0.2, 0.25) is 0 Å². The summed E-state index contributed by atoms with van der Waals surface area (Å²) >= 11 is 1.50. The zero-order chi connectivity index (χ0) is 20.3. The number of aromatic nitrogens is 3. The van der Waals surface area contributed by atoms with Crippen molar-refractivity contribution in [2.45, 2.75) is 27.3 Å². The van der Waals surface area contributed by atoms with Crippen LogP contribution in [-0.4, -0.2) is 59.4 Å². The van der Waals surface area contributed by atoms with Crippen molar-refractivity contribution in [1.29, 1.82) is 0 Å². The van der Waals surface area contributed by atoms with Gasteiger partial charge in [-0.05, 0) is 53.1 Å². The molecule has 0 N–H and O–H groups in total. The Balaban J connectivity index is 0.00000300. The number of aryl methyl sites for hydroxylation is 2. The molecule has 1 amide bonds. The maximum absolute atomic E-state index is 13.3. The minimum absolute atomic E-state index is 0. The summed E-state index contributed by atoms with van der Waals surface area (Å²) in [7, 11) is 3.98. The zero-order valence-electron chi connectivity index (χ0n) is 17.5. The molecule has 3 aromatic rings. The maximum atomic E-state index is 13.3. The lowest BCUT2D eigenvalue weighted by Crippen LogP contribution is -2.37. The van der Waals surface area contributed by atoms with Crippen molar-refractivity contribution in [3.05, 3.63) is 35.7 Å². The number of amides is 1. The summed E-state index contributed by atoms with van der Waals surface area (Å²) in [6.07, 6.45) is 0. The lowest BCUT2D eigenvalue weighted by molar-refractivity contribution is 0.0979. The Morgan fingerprint density at radius 3 is 2.62 bits per heavy atom. The molecule has 1 aromatic carbocycles. The predicted molar refractivity (Wildman–Crippen MR) is 121 cm³/mol. The molecule has 0 bridgehead atoms. The Kier molecular flexibility index (Phi) is 8.01. The van der Waals surface area contributed by atoms with Gasteiger partial charge in [0.15, 0.2) is 10.8 Å². The standard InChI is InChI=1S/C20H27N5O2S.ClH/c1-6-25-14(3)13-15(22-25)19(26)24(12-11-23(4)5)20-21-18-16(27-7-2)9-8-10-17(18)28-20;/h8-10,13H,6-7,11-12H2,1-5H3;1H. The molecular weight excluding hydrogens is 410 g/mol. The van der Waals surface area contributed by atoms with Gasteiger partial charge in [-0.25, -0.2) is 4.98 Å². The highest BCUT2D eigenvalue weighted by molar-refractivity contribution is 7.22.